The lowest BCUT2D eigenvalue weighted by molar-refractivity contribution is -0.384. The molecule has 2 aromatic rings. The molecular weight excluding hydrogens is 334 g/mol. The van der Waals surface area contributed by atoms with Crippen LogP contribution in [-0.4, -0.2) is 44.4 Å². The van der Waals surface area contributed by atoms with Gasteiger partial charge in [0.15, 0.2) is 0 Å². The molecule has 0 unspecified atom stereocenters. The molecule has 0 aliphatic rings. The van der Waals surface area contributed by atoms with Crippen molar-refractivity contribution in [3.8, 4) is 10.6 Å². The van der Waals surface area contributed by atoms with Gasteiger partial charge < -0.3 is 10.0 Å². The number of hydrogen-bond donors (Lipinski definition) is 1. The average molecular weight is 349 g/mol. The first-order valence-corrected chi connectivity index (χ1v) is 7.74. The van der Waals surface area contributed by atoms with E-state index in [1.807, 2.05) is 0 Å². The van der Waals surface area contributed by atoms with E-state index < -0.39 is 22.3 Å². The van der Waals surface area contributed by atoms with Crippen molar-refractivity contribution < 1.29 is 19.6 Å². The van der Waals surface area contributed by atoms with E-state index in [1.54, 1.807) is 6.07 Å². The van der Waals surface area contributed by atoms with Crippen LogP contribution in [0.15, 0.2) is 29.6 Å². The van der Waals surface area contributed by atoms with E-state index in [0.29, 0.717) is 10.6 Å². The predicted octanol–water partition coefficient (Wildman–Crippen LogP) is 2.65. The predicted molar refractivity (Wildman–Crippen MR) is 88.0 cm³/mol. The molecular formula is C15H15N3O5S. The summed E-state index contributed by atoms with van der Waals surface area (Å²) in [7, 11) is 1.39. The van der Waals surface area contributed by atoms with Gasteiger partial charge in [-0.05, 0) is 13.8 Å². The highest BCUT2D eigenvalue weighted by Crippen LogP contribution is 2.28. The topological polar surface area (TPSA) is 114 Å². The Labute approximate surface area is 141 Å². The van der Waals surface area contributed by atoms with Gasteiger partial charge in [-0.25, -0.2) is 9.78 Å². The highest BCUT2D eigenvalue weighted by molar-refractivity contribution is 7.13. The number of hydrogen-bond acceptors (Lipinski definition) is 6. The summed E-state index contributed by atoms with van der Waals surface area (Å²) in [5, 5.41) is 22.0. The molecule has 0 aliphatic carbocycles. The van der Waals surface area contributed by atoms with E-state index >= 15 is 0 Å². The second kappa shape index (κ2) is 6.36. The molecule has 2 rings (SSSR count). The minimum absolute atomic E-state index is 0.0697. The zero-order valence-corrected chi connectivity index (χ0v) is 14.0. The molecule has 0 bridgehead atoms. The Morgan fingerprint density at radius 3 is 2.62 bits per heavy atom. The van der Waals surface area contributed by atoms with E-state index in [-0.39, 0.29) is 11.4 Å². The van der Waals surface area contributed by atoms with Gasteiger partial charge in [-0.2, -0.15) is 0 Å². The molecule has 0 spiro atoms. The molecule has 126 valence electrons. The van der Waals surface area contributed by atoms with Crippen LogP contribution < -0.4 is 0 Å². The van der Waals surface area contributed by atoms with Crippen molar-refractivity contribution in [1.29, 1.82) is 0 Å². The molecule has 1 aromatic heterocycles. The lowest BCUT2D eigenvalue weighted by atomic mass is 10.0. The fourth-order valence-corrected chi connectivity index (χ4v) is 2.62. The number of carboxylic acids is 1. The molecule has 1 N–H and O–H groups in total. The number of carbonyl (C=O) groups is 2. The molecule has 0 saturated carbocycles. The zero-order chi connectivity index (χ0) is 18.1. The van der Waals surface area contributed by atoms with Crippen molar-refractivity contribution in [1.82, 2.24) is 9.88 Å². The molecule has 0 radical (unpaired) electrons. The lowest BCUT2D eigenvalue weighted by Crippen LogP contribution is -2.50. The molecule has 1 amide bonds. The van der Waals surface area contributed by atoms with Gasteiger partial charge >= 0.3 is 5.97 Å². The zero-order valence-electron chi connectivity index (χ0n) is 13.2. The van der Waals surface area contributed by atoms with Crippen LogP contribution in [0, 0.1) is 10.1 Å². The van der Waals surface area contributed by atoms with Gasteiger partial charge in [-0.3, -0.25) is 14.9 Å². The number of carboxylic acid groups (broad SMARTS) is 1. The van der Waals surface area contributed by atoms with Crippen molar-refractivity contribution in [2.45, 2.75) is 19.4 Å². The van der Waals surface area contributed by atoms with E-state index in [1.165, 1.54) is 44.5 Å². The SMILES string of the molecule is CN(C(=O)c1csc(-c2cccc([N+](=O)[O-])c2)n1)C(C)(C)C(=O)O. The Kier molecular flexibility index (Phi) is 4.65. The van der Waals surface area contributed by atoms with E-state index in [9.17, 15) is 24.8 Å². The molecule has 9 heteroatoms. The number of nitro groups is 1. The Hall–Kier alpha value is -2.81. The minimum Gasteiger partial charge on any atom is -0.480 e. The fraction of sp³-hybridized carbons (Fsp3) is 0.267. The highest BCUT2D eigenvalue weighted by atomic mass is 32.1. The number of nitrogens with zero attached hydrogens (tertiary/aromatic N) is 3. The minimum atomic E-state index is -1.38. The summed E-state index contributed by atoms with van der Waals surface area (Å²) in [5.74, 6) is -1.66. The van der Waals surface area contributed by atoms with Crippen LogP contribution in [0.2, 0.25) is 0 Å². The maximum absolute atomic E-state index is 12.4. The third-order valence-corrected chi connectivity index (χ3v) is 4.59. The summed E-state index contributed by atoms with van der Waals surface area (Å²) in [6.07, 6.45) is 0. The fourth-order valence-electron chi connectivity index (χ4n) is 1.83. The van der Waals surface area contributed by atoms with Gasteiger partial charge in [0.25, 0.3) is 11.6 Å². The summed E-state index contributed by atoms with van der Waals surface area (Å²) in [6, 6.07) is 5.94. The summed E-state index contributed by atoms with van der Waals surface area (Å²) < 4.78 is 0. The number of nitro benzene ring substituents is 1. The van der Waals surface area contributed by atoms with Gasteiger partial charge in [-0.1, -0.05) is 12.1 Å². The maximum atomic E-state index is 12.4. The van der Waals surface area contributed by atoms with Gasteiger partial charge in [0.05, 0.1) is 4.92 Å². The highest BCUT2D eigenvalue weighted by Gasteiger charge is 2.36. The normalized spacial score (nSPS) is 11.1. The molecule has 0 saturated heterocycles. The first-order chi connectivity index (χ1) is 11.1. The largest absolute Gasteiger partial charge is 0.480 e. The van der Waals surface area contributed by atoms with Crippen LogP contribution in [0.25, 0.3) is 10.6 Å². The van der Waals surface area contributed by atoms with Gasteiger partial charge in [-0.15, -0.1) is 11.3 Å². The standard InChI is InChI=1S/C15H15N3O5S/c1-15(2,14(20)21)17(3)13(19)11-8-24-12(16-11)9-5-4-6-10(7-9)18(22)23/h4-8H,1-3H3,(H,20,21). The van der Waals surface area contributed by atoms with Crippen LogP contribution >= 0.6 is 11.3 Å². The molecule has 1 aromatic carbocycles. The van der Waals surface area contributed by atoms with Gasteiger partial charge in [0, 0.05) is 30.1 Å². The van der Waals surface area contributed by atoms with Crippen LogP contribution in [0.4, 0.5) is 5.69 Å². The van der Waals surface area contributed by atoms with E-state index in [2.05, 4.69) is 4.98 Å². The second-order valence-electron chi connectivity index (χ2n) is 5.57. The van der Waals surface area contributed by atoms with Gasteiger partial charge in [0.1, 0.15) is 16.2 Å². The first-order valence-electron chi connectivity index (χ1n) is 6.86. The molecule has 8 nitrogen and oxygen atoms in total. The number of benzene rings is 1. The number of rotatable bonds is 5. The number of carbonyl (C=O) groups excluding carboxylic acids is 1. The van der Waals surface area contributed by atoms with Crippen LogP contribution in [0.3, 0.4) is 0 Å². The van der Waals surface area contributed by atoms with Crippen molar-refractivity contribution in [3.63, 3.8) is 0 Å². The molecule has 1 heterocycles. The van der Waals surface area contributed by atoms with E-state index in [0.717, 1.165) is 16.2 Å². The monoisotopic (exact) mass is 349 g/mol. The third-order valence-electron chi connectivity index (χ3n) is 3.69. The van der Waals surface area contributed by atoms with Crippen molar-refractivity contribution in [3.05, 3.63) is 45.5 Å². The third kappa shape index (κ3) is 3.25. The smallest absolute Gasteiger partial charge is 0.329 e. The molecule has 0 aliphatic heterocycles. The molecule has 0 atom stereocenters. The molecule has 0 fully saturated rings. The number of amides is 1. The summed E-state index contributed by atoms with van der Waals surface area (Å²) in [4.78, 5) is 39.3. The van der Waals surface area contributed by atoms with Gasteiger partial charge in [0.2, 0.25) is 0 Å². The Balaban J connectivity index is 2.31. The maximum Gasteiger partial charge on any atom is 0.329 e. The quantitative estimate of drug-likeness (QED) is 0.656. The number of non-ortho nitro benzene ring substituents is 1. The summed E-state index contributed by atoms with van der Waals surface area (Å²) >= 11 is 1.16. The van der Waals surface area contributed by atoms with Crippen LogP contribution in [-0.2, 0) is 4.79 Å². The lowest BCUT2D eigenvalue weighted by Gasteiger charge is -2.30. The Morgan fingerprint density at radius 1 is 1.38 bits per heavy atom. The van der Waals surface area contributed by atoms with Crippen molar-refractivity contribution in [2.75, 3.05) is 7.05 Å². The Morgan fingerprint density at radius 2 is 2.04 bits per heavy atom. The van der Waals surface area contributed by atoms with Crippen molar-refractivity contribution in [2.24, 2.45) is 0 Å². The number of aliphatic carboxylic acids is 1. The second-order valence-corrected chi connectivity index (χ2v) is 6.43. The molecule has 24 heavy (non-hydrogen) atoms. The first kappa shape index (κ1) is 17.5. The summed E-state index contributed by atoms with van der Waals surface area (Å²) in [6.45, 7) is 2.84. The van der Waals surface area contributed by atoms with Crippen LogP contribution in [0.5, 0.6) is 0 Å². The van der Waals surface area contributed by atoms with E-state index in [4.69, 9.17) is 0 Å². The number of likely N-dealkylation sites (N-methyl/N-ethyl adjacent to an activating group) is 1. The Bertz CT molecular complexity index is 815. The number of aromatic nitrogens is 1. The van der Waals surface area contributed by atoms with Crippen molar-refractivity contribution >= 4 is 28.9 Å². The van der Waals surface area contributed by atoms with Crippen LogP contribution in [0.1, 0.15) is 24.3 Å². The number of thiazole rings is 1. The average Bonchev–Trinajstić information content (AvgIpc) is 3.03. The summed E-state index contributed by atoms with van der Waals surface area (Å²) in [5.41, 5.74) is -0.835.